The summed E-state index contributed by atoms with van der Waals surface area (Å²) in [6.07, 6.45) is 13.1. The van der Waals surface area contributed by atoms with Crippen LogP contribution in [0.1, 0.15) is 110 Å². The van der Waals surface area contributed by atoms with Crippen molar-refractivity contribution in [3.63, 3.8) is 0 Å². The van der Waals surface area contributed by atoms with Gasteiger partial charge in [0.15, 0.2) is 9.84 Å². The minimum absolute atomic E-state index is 0.0922. The van der Waals surface area contributed by atoms with Gasteiger partial charge in [0.05, 0.1) is 22.6 Å². The van der Waals surface area contributed by atoms with Gasteiger partial charge in [0.2, 0.25) is 17.6 Å². The number of nitrogens with one attached hydrogen (secondary N) is 4. The molecular formula is C37H57N5O7S. The summed E-state index contributed by atoms with van der Waals surface area (Å²) in [6.45, 7) is 8.26. The normalized spacial score (nSPS) is 30.6. The molecule has 2 heterocycles. The van der Waals surface area contributed by atoms with Crippen molar-refractivity contribution < 1.29 is 32.4 Å². The number of rotatable bonds is 13. The van der Waals surface area contributed by atoms with Crippen molar-refractivity contribution >= 4 is 39.4 Å². The highest BCUT2D eigenvalue weighted by molar-refractivity contribution is 7.92. The summed E-state index contributed by atoms with van der Waals surface area (Å²) in [6, 6.07) is -3.23. The minimum atomic E-state index is -3.34. The van der Waals surface area contributed by atoms with Gasteiger partial charge in [-0.15, -0.1) is 6.58 Å². The molecule has 4 aliphatic carbocycles. The van der Waals surface area contributed by atoms with E-state index in [4.69, 9.17) is 0 Å². The minimum Gasteiger partial charge on any atom is -0.346 e. The van der Waals surface area contributed by atoms with E-state index >= 15 is 0 Å². The third-order valence-corrected chi connectivity index (χ3v) is 15.4. The number of Topliss-reactive ketones (excluding diaryl/α,β-unsaturated/α-hetero) is 1. The zero-order chi connectivity index (χ0) is 35.8. The molecule has 13 heteroatoms. The molecule has 50 heavy (non-hydrogen) atoms. The van der Waals surface area contributed by atoms with Gasteiger partial charge in [-0.1, -0.05) is 71.3 Å². The van der Waals surface area contributed by atoms with Crippen LogP contribution in [0.25, 0.3) is 0 Å². The number of hydrogen-bond acceptors (Lipinski definition) is 7. The SMILES string of the molecule is C=CCNC(=O)C(=O)[C@H](CC1CC1)NC(=O)[C@@H]1[C@@H]2[C@H](CN1C(=O)[C@@H](NC(=O)NC1([C@H]3CCCS3(=O)=O)CCCCC1)C1CCCCC1)C2(C)C. The standard InChI is InChI=1S/C37H57N5O7S/c1-4-19-38-33(45)31(43)26(21-23-15-16-23)39-32(44)30-28-25(36(28,2)3)22-42(30)34(46)29(24-12-7-5-8-13-24)40-35(47)41-37(17-9-6-10-18-37)27-14-11-20-50(27,48)49/h4,23-30H,1,5-22H2,2-3H3,(H,38,45)(H,39,44)(H2,40,41,47)/t25-,26-,27+,28-,29-,30-/m0/s1. The van der Waals surface area contributed by atoms with Gasteiger partial charge >= 0.3 is 6.03 Å². The maximum Gasteiger partial charge on any atom is 0.315 e. The van der Waals surface area contributed by atoms with E-state index in [1.54, 1.807) is 4.90 Å². The molecule has 2 saturated heterocycles. The molecule has 0 bridgehead atoms. The number of ketones is 1. The fraction of sp³-hybridized carbons (Fsp3) is 0.811. The van der Waals surface area contributed by atoms with Crippen LogP contribution in [0.2, 0.25) is 0 Å². The number of likely N-dealkylation sites (tertiary alicyclic amines) is 1. The van der Waals surface area contributed by atoms with Crippen molar-refractivity contribution in [1.82, 2.24) is 26.2 Å². The fourth-order valence-corrected chi connectivity index (χ4v) is 12.3. The van der Waals surface area contributed by atoms with E-state index < -0.39 is 62.4 Å². The number of urea groups is 1. The van der Waals surface area contributed by atoms with Crippen molar-refractivity contribution in [3.8, 4) is 0 Å². The summed E-state index contributed by atoms with van der Waals surface area (Å²) in [5, 5.41) is 11.0. The first-order valence-electron chi connectivity index (χ1n) is 19.1. The average Bonchev–Trinajstić information content (AvgIpc) is 3.88. The molecule has 5 amide bonds. The van der Waals surface area contributed by atoms with E-state index in [0.29, 0.717) is 38.6 Å². The van der Waals surface area contributed by atoms with Crippen LogP contribution in [0.15, 0.2) is 12.7 Å². The van der Waals surface area contributed by atoms with Gasteiger partial charge in [-0.2, -0.15) is 0 Å². The Bertz CT molecular complexity index is 1460. The predicted octanol–water partition coefficient (Wildman–Crippen LogP) is 3.15. The van der Waals surface area contributed by atoms with Crippen molar-refractivity contribution in [3.05, 3.63) is 12.7 Å². The van der Waals surface area contributed by atoms with Crippen molar-refractivity contribution in [1.29, 1.82) is 0 Å². The summed E-state index contributed by atoms with van der Waals surface area (Å²) in [5.41, 5.74) is -1.04. The van der Waals surface area contributed by atoms with E-state index in [1.165, 1.54) is 6.08 Å². The summed E-state index contributed by atoms with van der Waals surface area (Å²) in [7, 11) is -3.34. The van der Waals surface area contributed by atoms with Gasteiger partial charge in [-0.3, -0.25) is 19.2 Å². The van der Waals surface area contributed by atoms with E-state index in [0.717, 1.165) is 64.2 Å². The molecule has 6 fully saturated rings. The summed E-state index contributed by atoms with van der Waals surface area (Å²) < 4.78 is 26.3. The van der Waals surface area contributed by atoms with Gasteiger partial charge in [0.1, 0.15) is 12.1 Å². The van der Waals surface area contributed by atoms with Gasteiger partial charge in [0.25, 0.3) is 5.91 Å². The van der Waals surface area contributed by atoms with Crippen LogP contribution < -0.4 is 21.3 Å². The lowest BCUT2D eigenvalue weighted by atomic mass is 9.78. The molecule has 6 rings (SSSR count). The number of amides is 5. The molecule has 0 aromatic carbocycles. The number of carbonyl (C=O) groups is 5. The Kier molecular flexibility index (Phi) is 10.7. The topological polar surface area (TPSA) is 171 Å². The van der Waals surface area contributed by atoms with Gasteiger partial charge in [-0.25, -0.2) is 13.2 Å². The first-order valence-corrected chi connectivity index (χ1v) is 20.8. The smallest absolute Gasteiger partial charge is 0.315 e. The van der Waals surface area contributed by atoms with Crippen LogP contribution in [-0.2, 0) is 29.0 Å². The third kappa shape index (κ3) is 7.48. The van der Waals surface area contributed by atoms with Crippen LogP contribution in [0, 0.1) is 29.1 Å². The highest BCUT2D eigenvalue weighted by Gasteiger charge is 2.70. The third-order valence-electron chi connectivity index (χ3n) is 13.0. The Hall–Kier alpha value is -2.96. The van der Waals surface area contributed by atoms with Crippen molar-refractivity contribution in [2.75, 3.05) is 18.8 Å². The lowest BCUT2D eigenvalue weighted by Gasteiger charge is -2.43. The molecule has 6 aliphatic rings. The molecule has 0 unspecified atom stereocenters. The van der Waals surface area contributed by atoms with Gasteiger partial charge in [-0.05, 0) is 74.0 Å². The number of hydrogen-bond donors (Lipinski definition) is 4. The first-order chi connectivity index (χ1) is 23.8. The zero-order valence-corrected chi connectivity index (χ0v) is 30.7. The molecule has 4 saturated carbocycles. The van der Waals surface area contributed by atoms with Gasteiger partial charge in [0, 0.05) is 13.1 Å². The molecule has 0 radical (unpaired) electrons. The molecule has 278 valence electrons. The van der Waals surface area contributed by atoms with Crippen LogP contribution in [0.5, 0.6) is 0 Å². The molecule has 0 spiro atoms. The molecule has 0 aromatic rings. The van der Waals surface area contributed by atoms with E-state index in [9.17, 15) is 32.4 Å². The van der Waals surface area contributed by atoms with E-state index in [-0.39, 0.29) is 47.3 Å². The molecule has 4 N–H and O–H groups in total. The molecule has 2 aliphatic heterocycles. The Balaban J connectivity index is 1.22. The monoisotopic (exact) mass is 715 g/mol. The highest BCUT2D eigenvalue weighted by Crippen LogP contribution is 2.65. The molecule has 12 nitrogen and oxygen atoms in total. The summed E-state index contributed by atoms with van der Waals surface area (Å²) in [5.74, 6) is -1.97. The Labute approximate surface area is 297 Å². The van der Waals surface area contributed by atoms with Crippen molar-refractivity contribution in [2.45, 2.75) is 139 Å². The lowest BCUT2D eigenvalue weighted by molar-refractivity contribution is -0.144. The Morgan fingerprint density at radius 2 is 1.58 bits per heavy atom. The fourth-order valence-electron chi connectivity index (χ4n) is 9.95. The second-order valence-electron chi connectivity index (χ2n) is 16.7. The molecule has 6 atom stereocenters. The Morgan fingerprint density at radius 3 is 2.20 bits per heavy atom. The first kappa shape index (κ1) is 36.8. The second kappa shape index (κ2) is 14.6. The highest BCUT2D eigenvalue weighted by atomic mass is 32.2. The van der Waals surface area contributed by atoms with E-state index in [1.807, 2.05) is 0 Å². The summed E-state index contributed by atoms with van der Waals surface area (Å²) >= 11 is 0. The van der Waals surface area contributed by atoms with E-state index in [2.05, 4.69) is 41.7 Å². The Morgan fingerprint density at radius 1 is 0.900 bits per heavy atom. The molecule has 0 aromatic heterocycles. The lowest BCUT2D eigenvalue weighted by Crippen LogP contribution is -2.64. The zero-order valence-electron chi connectivity index (χ0n) is 29.8. The van der Waals surface area contributed by atoms with Crippen molar-refractivity contribution in [2.24, 2.45) is 29.1 Å². The molecular weight excluding hydrogens is 659 g/mol. The van der Waals surface area contributed by atoms with Gasteiger partial charge < -0.3 is 26.2 Å². The predicted molar refractivity (Wildman–Crippen MR) is 188 cm³/mol. The number of piperidine rings is 1. The number of nitrogens with zero attached hydrogens (tertiary/aromatic N) is 1. The van der Waals surface area contributed by atoms with Crippen LogP contribution in [-0.4, -0.2) is 90.6 Å². The second-order valence-corrected chi connectivity index (χ2v) is 19.0. The largest absolute Gasteiger partial charge is 0.346 e. The summed E-state index contributed by atoms with van der Waals surface area (Å²) in [4.78, 5) is 70.4. The quantitative estimate of drug-likeness (QED) is 0.168. The van der Waals surface area contributed by atoms with Crippen LogP contribution in [0.3, 0.4) is 0 Å². The maximum atomic E-state index is 14.7. The average molecular weight is 716 g/mol. The number of fused-ring (bicyclic) bond motifs is 1. The maximum absolute atomic E-state index is 14.7. The van der Waals surface area contributed by atoms with Crippen LogP contribution >= 0.6 is 0 Å². The van der Waals surface area contributed by atoms with Crippen LogP contribution in [0.4, 0.5) is 4.79 Å². The number of carbonyl (C=O) groups excluding carboxylic acids is 5. The number of sulfone groups is 1.